The topological polar surface area (TPSA) is 53.6 Å². The van der Waals surface area contributed by atoms with Crippen molar-refractivity contribution in [3.63, 3.8) is 0 Å². The van der Waals surface area contributed by atoms with E-state index in [1.54, 1.807) is 18.3 Å². The maximum Gasteiger partial charge on any atom is 0.0992 e. The predicted octanol–water partition coefficient (Wildman–Crippen LogP) is 3.30. The minimum atomic E-state index is 0.579. The molecule has 1 aromatic carbocycles. The summed E-state index contributed by atoms with van der Waals surface area (Å²) in [4.78, 5) is 4.00. The Labute approximate surface area is 117 Å². The molecular formula is C14H15ClN4. The number of hydrogen-bond acceptors (Lipinski definition) is 3. The van der Waals surface area contributed by atoms with E-state index in [9.17, 15) is 0 Å². The lowest BCUT2D eigenvalue weighted by Gasteiger charge is -2.08. The van der Waals surface area contributed by atoms with E-state index in [0.29, 0.717) is 10.6 Å². The highest BCUT2D eigenvalue weighted by Gasteiger charge is 2.00. The molecule has 19 heavy (non-hydrogen) atoms. The van der Waals surface area contributed by atoms with E-state index < -0.39 is 0 Å². The Kier molecular flexibility index (Phi) is 4.82. The van der Waals surface area contributed by atoms with E-state index in [1.165, 1.54) is 0 Å². The van der Waals surface area contributed by atoms with E-state index in [4.69, 9.17) is 16.9 Å². The van der Waals surface area contributed by atoms with Crippen LogP contribution in [-0.4, -0.2) is 16.1 Å². The minimum Gasteiger partial charge on any atom is -0.384 e. The van der Waals surface area contributed by atoms with Crippen LogP contribution in [0.25, 0.3) is 0 Å². The van der Waals surface area contributed by atoms with Gasteiger partial charge < -0.3 is 9.88 Å². The molecule has 0 atom stereocenters. The quantitative estimate of drug-likeness (QED) is 0.822. The van der Waals surface area contributed by atoms with Crippen LogP contribution in [0.4, 0.5) is 5.69 Å². The van der Waals surface area contributed by atoms with Gasteiger partial charge in [-0.15, -0.1) is 0 Å². The molecule has 2 aromatic rings. The number of benzene rings is 1. The molecule has 1 aromatic heterocycles. The molecule has 0 amide bonds. The van der Waals surface area contributed by atoms with E-state index in [2.05, 4.69) is 20.9 Å². The van der Waals surface area contributed by atoms with Crippen LogP contribution in [0, 0.1) is 11.3 Å². The van der Waals surface area contributed by atoms with Crippen LogP contribution in [0.5, 0.6) is 0 Å². The monoisotopic (exact) mass is 274 g/mol. The van der Waals surface area contributed by atoms with Gasteiger partial charge in [-0.1, -0.05) is 11.6 Å². The highest BCUT2D eigenvalue weighted by molar-refractivity contribution is 6.33. The lowest BCUT2D eigenvalue weighted by atomic mass is 10.2. The highest BCUT2D eigenvalue weighted by atomic mass is 35.5. The first-order valence-electron chi connectivity index (χ1n) is 6.19. The molecule has 0 aliphatic carbocycles. The Bertz CT molecular complexity index is 557. The molecule has 0 saturated heterocycles. The number of anilines is 1. The van der Waals surface area contributed by atoms with Gasteiger partial charge in [0.1, 0.15) is 0 Å². The van der Waals surface area contributed by atoms with Crippen LogP contribution in [-0.2, 0) is 6.54 Å². The number of nitrogens with one attached hydrogen (secondary N) is 1. The fourth-order valence-electron chi connectivity index (χ4n) is 1.79. The van der Waals surface area contributed by atoms with Gasteiger partial charge in [0.15, 0.2) is 0 Å². The minimum absolute atomic E-state index is 0.579. The van der Waals surface area contributed by atoms with Crippen molar-refractivity contribution in [1.29, 1.82) is 5.26 Å². The average Bonchev–Trinajstić information content (AvgIpc) is 2.93. The second-order valence-corrected chi connectivity index (χ2v) is 4.65. The van der Waals surface area contributed by atoms with Crippen LogP contribution >= 0.6 is 11.6 Å². The average molecular weight is 275 g/mol. The molecule has 0 aliphatic heterocycles. The van der Waals surface area contributed by atoms with E-state index >= 15 is 0 Å². The van der Waals surface area contributed by atoms with Crippen LogP contribution < -0.4 is 5.32 Å². The van der Waals surface area contributed by atoms with Crippen LogP contribution in [0.3, 0.4) is 0 Å². The first-order chi connectivity index (χ1) is 9.29. The van der Waals surface area contributed by atoms with Gasteiger partial charge in [-0.3, -0.25) is 0 Å². The van der Waals surface area contributed by atoms with Crippen molar-refractivity contribution in [2.45, 2.75) is 19.4 Å². The summed E-state index contributed by atoms with van der Waals surface area (Å²) in [7, 11) is 0. The van der Waals surface area contributed by atoms with Crippen molar-refractivity contribution in [2.75, 3.05) is 11.9 Å². The predicted molar refractivity (Wildman–Crippen MR) is 76.1 cm³/mol. The number of unbranched alkanes of at least 4 members (excludes halogenated alkanes) is 1. The smallest absolute Gasteiger partial charge is 0.0992 e. The van der Waals surface area contributed by atoms with E-state index in [-0.39, 0.29) is 0 Å². The van der Waals surface area contributed by atoms with Crippen LogP contribution in [0.15, 0.2) is 36.9 Å². The Hall–Kier alpha value is -1.99. The molecule has 4 nitrogen and oxygen atoms in total. The van der Waals surface area contributed by atoms with Crippen molar-refractivity contribution in [2.24, 2.45) is 0 Å². The number of hydrogen-bond donors (Lipinski definition) is 1. The third-order valence-corrected chi connectivity index (χ3v) is 3.13. The van der Waals surface area contributed by atoms with Crippen molar-refractivity contribution < 1.29 is 0 Å². The number of nitrogens with zero attached hydrogens (tertiary/aromatic N) is 3. The summed E-state index contributed by atoms with van der Waals surface area (Å²) in [6, 6.07) is 7.35. The summed E-state index contributed by atoms with van der Waals surface area (Å²) in [6.07, 6.45) is 7.70. The van der Waals surface area contributed by atoms with Crippen molar-refractivity contribution >= 4 is 17.3 Å². The van der Waals surface area contributed by atoms with Crippen molar-refractivity contribution in [3.8, 4) is 6.07 Å². The first kappa shape index (κ1) is 13.4. The third kappa shape index (κ3) is 4.01. The fourth-order valence-corrected chi connectivity index (χ4v) is 2.04. The summed E-state index contributed by atoms with van der Waals surface area (Å²) in [5.41, 5.74) is 1.46. The molecule has 0 aliphatic rings. The molecule has 0 spiro atoms. The second-order valence-electron chi connectivity index (χ2n) is 4.24. The normalized spacial score (nSPS) is 10.1. The summed E-state index contributed by atoms with van der Waals surface area (Å²) >= 11 is 6.08. The molecular weight excluding hydrogens is 260 g/mol. The maximum atomic E-state index is 8.75. The van der Waals surface area contributed by atoms with Gasteiger partial charge in [0.05, 0.1) is 28.7 Å². The lowest BCUT2D eigenvalue weighted by molar-refractivity contribution is 0.621. The Balaban J connectivity index is 1.72. The molecule has 98 valence electrons. The van der Waals surface area contributed by atoms with Gasteiger partial charge >= 0.3 is 0 Å². The number of nitriles is 1. The molecule has 0 saturated carbocycles. The van der Waals surface area contributed by atoms with Gasteiger partial charge in [-0.2, -0.15) is 5.26 Å². The van der Waals surface area contributed by atoms with Crippen molar-refractivity contribution in [1.82, 2.24) is 9.55 Å². The summed E-state index contributed by atoms with van der Waals surface area (Å²) in [5, 5.41) is 12.6. The van der Waals surface area contributed by atoms with Crippen LogP contribution in [0.2, 0.25) is 5.02 Å². The molecule has 5 heteroatoms. The fraction of sp³-hybridized carbons (Fsp3) is 0.286. The zero-order chi connectivity index (χ0) is 13.5. The number of imidazole rings is 1. The molecule has 2 rings (SSSR count). The first-order valence-corrected chi connectivity index (χ1v) is 6.56. The molecule has 1 N–H and O–H groups in total. The summed E-state index contributed by atoms with van der Waals surface area (Å²) in [6.45, 7) is 1.84. The zero-order valence-corrected chi connectivity index (χ0v) is 11.3. The number of rotatable bonds is 6. The van der Waals surface area contributed by atoms with E-state index in [0.717, 1.165) is 31.6 Å². The van der Waals surface area contributed by atoms with Crippen molar-refractivity contribution in [3.05, 3.63) is 47.5 Å². The zero-order valence-electron chi connectivity index (χ0n) is 10.5. The molecule has 0 radical (unpaired) electrons. The largest absolute Gasteiger partial charge is 0.384 e. The SMILES string of the molecule is N#Cc1ccc(NCCCCn2ccnc2)c(Cl)c1. The number of halogens is 1. The van der Waals surface area contributed by atoms with Gasteiger partial charge in [0.25, 0.3) is 0 Å². The summed E-state index contributed by atoms with van der Waals surface area (Å²) in [5.74, 6) is 0. The molecule has 0 unspecified atom stereocenters. The van der Waals surface area contributed by atoms with Gasteiger partial charge in [-0.25, -0.2) is 4.98 Å². The van der Waals surface area contributed by atoms with Gasteiger partial charge in [-0.05, 0) is 31.0 Å². The highest BCUT2D eigenvalue weighted by Crippen LogP contribution is 2.22. The number of aryl methyl sites for hydroxylation is 1. The summed E-state index contributed by atoms with van der Waals surface area (Å²) < 4.78 is 2.06. The second kappa shape index (κ2) is 6.81. The van der Waals surface area contributed by atoms with Gasteiger partial charge in [0.2, 0.25) is 0 Å². The standard InChI is InChI=1S/C14H15ClN4/c15-13-9-12(10-16)3-4-14(13)18-5-1-2-7-19-8-6-17-11-19/h3-4,6,8-9,11,18H,1-2,5,7H2. The van der Waals surface area contributed by atoms with E-state index in [1.807, 2.05) is 18.6 Å². The molecule has 0 bridgehead atoms. The Morgan fingerprint density at radius 2 is 2.26 bits per heavy atom. The maximum absolute atomic E-state index is 8.75. The lowest BCUT2D eigenvalue weighted by Crippen LogP contribution is -2.04. The number of aromatic nitrogens is 2. The van der Waals surface area contributed by atoms with Gasteiger partial charge in [0, 0.05) is 25.5 Å². The van der Waals surface area contributed by atoms with Crippen LogP contribution in [0.1, 0.15) is 18.4 Å². The third-order valence-electron chi connectivity index (χ3n) is 2.82. The molecule has 0 fully saturated rings. The molecule has 1 heterocycles. The Morgan fingerprint density at radius 3 is 2.95 bits per heavy atom. The Morgan fingerprint density at radius 1 is 1.37 bits per heavy atom.